The van der Waals surface area contributed by atoms with Crippen molar-refractivity contribution in [2.45, 2.75) is 13.8 Å². The topological polar surface area (TPSA) is 46.4 Å². The zero-order chi connectivity index (χ0) is 15.5. The predicted molar refractivity (Wildman–Crippen MR) is 87.6 cm³/mol. The molecule has 0 bridgehead atoms. The van der Waals surface area contributed by atoms with E-state index in [4.69, 9.17) is 0 Å². The van der Waals surface area contributed by atoms with Crippen molar-refractivity contribution in [2.75, 3.05) is 0 Å². The van der Waals surface area contributed by atoms with E-state index >= 15 is 0 Å². The SMILES string of the molecule is Cc1cc(C)n2ccc(C(=O)NC3=C/C=C\C=C/C=C3)c2n1. The predicted octanol–water partition coefficient (Wildman–Crippen LogP) is 3.25. The molecule has 1 N–H and O–H groups in total. The van der Waals surface area contributed by atoms with Gasteiger partial charge in [-0.25, -0.2) is 4.98 Å². The molecule has 0 fully saturated rings. The molecule has 1 amide bonds. The monoisotopic (exact) mass is 291 g/mol. The normalized spacial score (nSPS) is 16.7. The van der Waals surface area contributed by atoms with Gasteiger partial charge in [0.05, 0.1) is 5.56 Å². The van der Waals surface area contributed by atoms with Gasteiger partial charge in [-0.15, -0.1) is 0 Å². The molecule has 0 saturated heterocycles. The van der Waals surface area contributed by atoms with Crippen molar-refractivity contribution < 1.29 is 4.79 Å². The van der Waals surface area contributed by atoms with Crippen molar-refractivity contribution in [3.63, 3.8) is 0 Å². The number of nitrogens with one attached hydrogen (secondary N) is 1. The lowest BCUT2D eigenvalue weighted by Crippen LogP contribution is -2.22. The fraction of sp³-hybridized carbons (Fsp3) is 0.111. The minimum Gasteiger partial charge on any atom is -0.322 e. The molecular formula is C18H17N3O. The van der Waals surface area contributed by atoms with Crippen molar-refractivity contribution in [2.24, 2.45) is 0 Å². The third-order valence-electron chi connectivity index (χ3n) is 3.44. The van der Waals surface area contributed by atoms with E-state index in [0.717, 1.165) is 17.1 Å². The summed E-state index contributed by atoms with van der Waals surface area (Å²) in [5.41, 5.74) is 3.95. The summed E-state index contributed by atoms with van der Waals surface area (Å²) in [6.07, 6.45) is 15.1. The number of aryl methyl sites for hydroxylation is 2. The van der Waals surface area contributed by atoms with Gasteiger partial charge < -0.3 is 9.72 Å². The number of hydrogen-bond acceptors (Lipinski definition) is 2. The fourth-order valence-corrected chi connectivity index (χ4v) is 2.42. The second-order valence-corrected chi connectivity index (χ2v) is 5.17. The lowest BCUT2D eigenvalue weighted by Gasteiger charge is -2.07. The molecule has 0 spiro atoms. The Kier molecular flexibility index (Phi) is 3.74. The van der Waals surface area contributed by atoms with Crippen LogP contribution in [-0.2, 0) is 0 Å². The Morgan fingerprint density at radius 1 is 1.14 bits per heavy atom. The Morgan fingerprint density at radius 2 is 1.91 bits per heavy atom. The van der Waals surface area contributed by atoms with Crippen molar-refractivity contribution in [1.29, 1.82) is 0 Å². The van der Waals surface area contributed by atoms with E-state index < -0.39 is 0 Å². The van der Waals surface area contributed by atoms with Crippen LogP contribution in [0.2, 0.25) is 0 Å². The van der Waals surface area contributed by atoms with Gasteiger partial charge in [-0.1, -0.05) is 30.4 Å². The first kappa shape index (κ1) is 14.1. The molecule has 0 saturated carbocycles. The maximum Gasteiger partial charge on any atom is 0.259 e. The highest BCUT2D eigenvalue weighted by Gasteiger charge is 2.14. The number of allylic oxidation sites excluding steroid dienone is 7. The van der Waals surface area contributed by atoms with Gasteiger partial charge in [0.2, 0.25) is 0 Å². The quantitative estimate of drug-likeness (QED) is 0.923. The Bertz CT molecular complexity index is 851. The first-order valence-electron chi connectivity index (χ1n) is 7.13. The zero-order valence-corrected chi connectivity index (χ0v) is 12.6. The molecule has 0 radical (unpaired) electrons. The van der Waals surface area contributed by atoms with E-state index in [1.165, 1.54) is 0 Å². The van der Waals surface area contributed by atoms with Crippen LogP contribution >= 0.6 is 0 Å². The molecule has 0 unspecified atom stereocenters. The van der Waals surface area contributed by atoms with Crippen molar-refractivity contribution >= 4 is 11.6 Å². The van der Waals surface area contributed by atoms with Gasteiger partial charge in [-0.2, -0.15) is 0 Å². The van der Waals surface area contributed by atoms with Crippen LogP contribution in [0.4, 0.5) is 0 Å². The number of carbonyl (C=O) groups excluding carboxylic acids is 1. The molecule has 2 aromatic rings. The lowest BCUT2D eigenvalue weighted by atomic mass is 10.2. The van der Waals surface area contributed by atoms with Gasteiger partial charge in [0.15, 0.2) is 0 Å². The van der Waals surface area contributed by atoms with Crippen molar-refractivity contribution in [3.05, 3.63) is 83.5 Å². The second kappa shape index (κ2) is 5.85. The summed E-state index contributed by atoms with van der Waals surface area (Å²) in [7, 11) is 0. The summed E-state index contributed by atoms with van der Waals surface area (Å²) in [6.45, 7) is 3.93. The third kappa shape index (κ3) is 2.76. The molecule has 2 heterocycles. The Labute approximate surface area is 129 Å². The van der Waals surface area contributed by atoms with Crippen LogP contribution in [0.1, 0.15) is 21.7 Å². The van der Waals surface area contributed by atoms with E-state index in [2.05, 4.69) is 10.3 Å². The van der Waals surface area contributed by atoms with Crippen LogP contribution in [0.3, 0.4) is 0 Å². The zero-order valence-electron chi connectivity index (χ0n) is 12.6. The third-order valence-corrected chi connectivity index (χ3v) is 3.44. The van der Waals surface area contributed by atoms with Crippen LogP contribution < -0.4 is 5.32 Å². The Morgan fingerprint density at radius 3 is 2.77 bits per heavy atom. The first-order valence-corrected chi connectivity index (χ1v) is 7.13. The molecule has 4 nitrogen and oxygen atoms in total. The lowest BCUT2D eigenvalue weighted by molar-refractivity contribution is 0.0968. The average Bonchev–Trinajstić information content (AvgIpc) is 2.85. The van der Waals surface area contributed by atoms with Gasteiger partial charge in [0.25, 0.3) is 5.91 Å². The fourth-order valence-electron chi connectivity index (χ4n) is 2.42. The van der Waals surface area contributed by atoms with Crippen molar-refractivity contribution in [3.8, 4) is 0 Å². The number of amides is 1. The molecule has 3 rings (SSSR count). The maximum atomic E-state index is 12.5. The minimum absolute atomic E-state index is 0.158. The first-order chi connectivity index (χ1) is 10.6. The highest BCUT2D eigenvalue weighted by molar-refractivity contribution is 6.01. The Hall–Kier alpha value is -2.88. The molecule has 1 aliphatic rings. The van der Waals surface area contributed by atoms with Gasteiger partial charge in [0.1, 0.15) is 5.65 Å². The number of rotatable bonds is 2. The van der Waals surface area contributed by atoms with Gasteiger partial charge in [-0.05, 0) is 38.1 Å². The van der Waals surface area contributed by atoms with Crippen LogP contribution in [0.15, 0.2) is 66.6 Å². The molecule has 4 heteroatoms. The van der Waals surface area contributed by atoms with Gasteiger partial charge in [-0.3, -0.25) is 4.79 Å². The van der Waals surface area contributed by atoms with E-state index in [1.54, 1.807) is 6.07 Å². The average molecular weight is 291 g/mol. The number of fused-ring (bicyclic) bond motifs is 1. The molecule has 22 heavy (non-hydrogen) atoms. The summed E-state index contributed by atoms with van der Waals surface area (Å²) >= 11 is 0. The molecule has 0 atom stereocenters. The molecular weight excluding hydrogens is 274 g/mol. The summed E-state index contributed by atoms with van der Waals surface area (Å²) in [5.74, 6) is -0.158. The summed E-state index contributed by atoms with van der Waals surface area (Å²) in [5, 5.41) is 2.92. The molecule has 110 valence electrons. The molecule has 0 aromatic carbocycles. The van der Waals surface area contributed by atoms with E-state index in [0.29, 0.717) is 11.2 Å². The summed E-state index contributed by atoms with van der Waals surface area (Å²) < 4.78 is 1.92. The summed E-state index contributed by atoms with van der Waals surface area (Å²) in [4.78, 5) is 17.0. The summed E-state index contributed by atoms with van der Waals surface area (Å²) in [6, 6.07) is 3.79. The van der Waals surface area contributed by atoms with Crippen LogP contribution in [0, 0.1) is 13.8 Å². The largest absolute Gasteiger partial charge is 0.322 e. The highest BCUT2D eigenvalue weighted by Crippen LogP contribution is 2.14. The molecule has 2 aromatic heterocycles. The van der Waals surface area contributed by atoms with Crippen LogP contribution in [-0.4, -0.2) is 15.3 Å². The number of hydrogen-bond donors (Lipinski definition) is 1. The number of nitrogens with zero attached hydrogens (tertiary/aromatic N) is 2. The van der Waals surface area contributed by atoms with E-state index in [-0.39, 0.29) is 5.91 Å². The number of carbonyl (C=O) groups is 1. The van der Waals surface area contributed by atoms with Crippen LogP contribution in [0.5, 0.6) is 0 Å². The highest BCUT2D eigenvalue weighted by atomic mass is 16.1. The standard InChI is InChI=1S/C18H17N3O/c1-13-12-14(2)21-11-10-16(17(21)19-13)18(22)20-15-8-6-4-3-5-7-9-15/h3-12H,1-2H3,(H,20,22)/b4-3-,5-3?,6-4?,7-5-,8-6?,9-7?,15-8?,15-9?. The van der Waals surface area contributed by atoms with Gasteiger partial charge >= 0.3 is 0 Å². The number of aromatic nitrogens is 2. The molecule has 1 aliphatic carbocycles. The van der Waals surface area contributed by atoms with E-state index in [1.807, 2.05) is 73.0 Å². The minimum atomic E-state index is -0.158. The second-order valence-electron chi connectivity index (χ2n) is 5.17. The smallest absolute Gasteiger partial charge is 0.259 e. The van der Waals surface area contributed by atoms with Crippen molar-refractivity contribution in [1.82, 2.24) is 14.7 Å². The Balaban J connectivity index is 1.93. The maximum absolute atomic E-state index is 12.5. The van der Waals surface area contributed by atoms with Crippen LogP contribution in [0.25, 0.3) is 5.65 Å². The van der Waals surface area contributed by atoms with Gasteiger partial charge in [0, 0.05) is 23.3 Å². The van der Waals surface area contributed by atoms with E-state index in [9.17, 15) is 4.79 Å². The molecule has 0 aliphatic heterocycles.